The smallest absolute Gasteiger partial charge is 0.147 e. The molecule has 0 radical (unpaired) electrons. The molecule has 2 aliphatic rings. The monoisotopic (exact) mass is 358 g/mol. The fourth-order valence-corrected chi connectivity index (χ4v) is 4.36. The molecular weight excluding hydrogens is 340 g/mol. The third-order valence-corrected chi connectivity index (χ3v) is 5.41. The van der Waals surface area contributed by atoms with Crippen LogP contribution in [0.25, 0.3) is 0 Å². The average Bonchev–Trinajstić information content (AvgIpc) is 3.17. The Bertz CT molecular complexity index is 802. The molecule has 2 aromatic heterocycles. The van der Waals surface area contributed by atoms with E-state index in [1.807, 2.05) is 10.9 Å². The van der Waals surface area contributed by atoms with Crippen molar-refractivity contribution in [3.05, 3.63) is 34.7 Å². The van der Waals surface area contributed by atoms with Gasteiger partial charge >= 0.3 is 0 Å². The van der Waals surface area contributed by atoms with Crippen LogP contribution in [0.4, 0.5) is 5.82 Å². The fourth-order valence-electron chi connectivity index (χ4n) is 4.10. The first-order valence-electron chi connectivity index (χ1n) is 8.43. The van der Waals surface area contributed by atoms with E-state index in [1.165, 1.54) is 0 Å². The highest BCUT2D eigenvalue weighted by Gasteiger charge is 2.43. The highest BCUT2D eigenvalue weighted by atomic mass is 35.5. The summed E-state index contributed by atoms with van der Waals surface area (Å²) in [6, 6.07) is 4.89. The lowest BCUT2D eigenvalue weighted by atomic mass is 9.97. The number of methoxy groups -OCH3 is 1. The van der Waals surface area contributed by atoms with Crippen molar-refractivity contribution in [3.8, 4) is 6.07 Å². The number of pyridine rings is 1. The second-order valence-electron chi connectivity index (χ2n) is 6.68. The van der Waals surface area contributed by atoms with Crippen molar-refractivity contribution in [1.29, 1.82) is 5.26 Å². The highest BCUT2D eigenvalue weighted by Crippen LogP contribution is 2.44. The van der Waals surface area contributed by atoms with Crippen LogP contribution >= 0.6 is 11.6 Å². The van der Waals surface area contributed by atoms with Gasteiger partial charge in [0.25, 0.3) is 0 Å². The van der Waals surface area contributed by atoms with Crippen molar-refractivity contribution in [2.75, 3.05) is 12.0 Å². The number of hydrogen-bond acceptors (Lipinski definition) is 6. The van der Waals surface area contributed by atoms with Crippen LogP contribution in [-0.2, 0) is 11.3 Å². The SMILES string of the molecule is COCc1cn(C2CC3CCC(C2)N3c2ncc(C#N)cc2Cl)nn1. The number of ether oxygens (including phenoxy) is 1. The van der Waals surface area contributed by atoms with Gasteiger partial charge in [0.1, 0.15) is 17.6 Å². The number of rotatable bonds is 4. The van der Waals surface area contributed by atoms with E-state index in [9.17, 15) is 0 Å². The summed E-state index contributed by atoms with van der Waals surface area (Å²) in [6.45, 7) is 0.483. The van der Waals surface area contributed by atoms with Gasteiger partial charge in [0.15, 0.2) is 0 Å². The Kier molecular flexibility index (Phi) is 4.32. The average molecular weight is 359 g/mol. The summed E-state index contributed by atoms with van der Waals surface area (Å²) in [6.07, 6.45) is 7.81. The quantitative estimate of drug-likeness (QED) is 0.836. The molecule has 4 rings (SSSR count). The van der Waals surface area contributed by atoms with E-state index in [0.717, 1.165) is 37.2 Å². The molecule has 130 valence electrons. The Morgan fingerprint density at radius 1 is 1.32 bits per heavy atom. The molecule has 2 fully saturated rings. The Morgan fingerprint density at radius 3 is 2.72 bits per heavy atom. The molecule has 0 saturated carbocycles. The predicted molar refractivity (Wildman–Crippen MR) is 92.3 cm³/mol. The zero-order valence-corrected chi connectivity index (χ0v) is 14.7. The zero-order valence-electron chi connectivity index (χ0n) is 14.0. The number of hydrogen-bond donors (Lipinski definition) is 0. The number of halogens is 1. The maximum absolute atomic E-state index is 8.99. The van der Waals surface area contributed by atoms with Crippen LogP contribution in [-0.4, -0.2) is 39.2 Å². The van der Waals surface area contributed by atoms with Gasteiger partial charge in [-0.3, -0.25) is 0 Å². The van der Waals surface area contributed by atoms with Crippen molar-refractivity contribution in [2.24, 2.45) is 0 Å². The Hall–Kier alpha value is -2.17. The lowest BCUT2D eigenvalue weighted by Crippen LogP contribution is -2.44. The van der Waals surface area contributed by atoms with Gasteiger partial charge in [0.05, 0.1) is 29.4 Å². The number of aromatic nitrogens is 4. The second-order valence-corrected chi connectivity index (χ2v) is 7.09. The molecule has 0 aliphatic carbocycles. The minimum Gasteiger partial charge on any atom is -0.378 e. The second kappa shape index (κ2) is 6.62. The fraction of sp³-hybridized carbons (Fsp3) is 0.529. The molecule has 0 spiro atoms. The summed E-state index contributed by atoms with van der Waals surface area (Å²) < 4.78 is 7.10. The van der Waals surface area contributed by atoms with E-state index >= 15 is 0 Å². The van der Waals surface area contributed by atoms with Crippen LogP contribution in [0.3, 0.4) is 0 Å². The first kappa shape index (κ1) is 16.3. The largest absolute Gasteiger partial charge is 0.378 e. The van der Waals surface area contributed by atoms with Gasteiger partial charge in [0.2, 0.25) is 0 Å². The zero-order chi connectivity index (χ0) is 17.4. The van der Waals surface area contributed by atoms with Crippen LogP contribution in [0.2, 0.25) is 5.02 Å². The summed E-state index contributed by atoms with van der Waals surface area (Å²) in [5.41, 5.74) is 1.35. The third-order valence-electron chi connectivity index (χ3n) is 5.13. The van der Waals surface area contributed by atoms with E-state index in [1.54, 1.807) is 19.4 Å². The van der Waals surface area contributed by atoms with Crippen molar-refractivity contribution in [2.45, 2.75) is 50.4 Å². The van der Waals surface area contributed by atoms with Crippen LogP contribution in [0.15, 0.2) is 18.5 Å². The maximum Gasteiger partial charge on any atom is 0.147 e. The number of anilines is 1. The molecule has 7 nitrogen and oxygen atoms in total. The number of nitriles is 1. The summed E-state index contributed by atoms with van der Waals surface area (Å²) in [4.78, 5) is 6.80. The minimum atomic E-state index is 0.337. The topological polar surface area (TPSA) is 79.9 Å². The first-order chi connectivity index (χ1) is 12.2. The van der Waals surface area contributed by atoms with Crippen LogP contribution in [0.5, 0.6) is 0 Å². The van der Waals surface area contributed by atoms with Crippen molar-refractivity contribution >= 4 is 17.4 Å². The van der Waals surface area contributed by atoms with Crippen molar-refractivity contribution < 1.29 is 4.74 Å². The Balaban J connectivity index is 1.55. The predicted octanol–water partition coefficient (Wildman–Crippen LogP) is 2.72. The lowest BCUT2D eigenvalue weighted by molar-refractivity contribution is 0.181. The summed E-state index contributed by atoms with van der Waals surface area (Å²) in [5, 5.41) is 18.0. The number of fused-ring (bicyclic) bond motifs is 2. The molecule has 2 bridgehead atoms. The van der Waals surface area contributed by atoms with E-state index in [4.69, 9.17) is 21.6 Å². The summed E-state index contributed by atoms with van der Waals surface area (Å²) in [5.74, 6) is 0.797. The van der Waals surface area contributed by atoms with E-state index < -0.39 is 0 Å². The molecule has 4 heterocycles. The standard InChI is InChI=1S/C17H19ClN6O/c1-25-10-12-9-23(22-21-12)15-5-13-2-3-14(6-15)24(13)17-16(18)4-11(7-19)8-20-17/h4,8-9,13-15H,2-3,5-6,10H2,1H3. The molecule has 2 unspecified atom stereocenters. The Morgan fingerprint density at radius 2 is 2.08 bits per heavy atom. The minimum absolute atomic E-state index is 0.337. The van der Waals surface area contributed by atoms with Crippen molar-refractivity contribution in [1.82, 2.24) is 20.0 Å². The number of nitrogens with zero attached hydrogens (tertiary/aromatic N) is 6. The van der Waals surface area contributed by atoms with Gasteiger partial charge in [0, 0.05) is 25.4 Å². The van der Waals surface area contributed by atoms with Crippen LogP contribution in [0, 0.1) is 11.3 Å². The van der Waals surface area contributed by atoms with E-state index in [0.29, 0.717) is 35.3 Å². The molecule has 2 saturated heterocycles. The molecule has 2 aliphatic heterocycles. The van der Waals surface area contributed by atoms with Gasteiger partial charge in [-0.1, -0.05) is 16.8 Å². The van der Waals surface area contributed by atoms with Gasteiger partial charge in [-0.2, -0.15) is 5.26 Å². The molecule has 0 amide bonds. The van der Waals surface area contributed by atoms with E-state index in [-0.39, 0.29) is 0 Å². The molecule has 0 N–H and O–H groups in total. The summed E-state index contributed by atoms with van der Waals surface area (Å²) >= 11 is 6.39. The van der Waals surface area contributed by atoms with Gasteiger partial charge in [-0.15, -0.1) is 5.10 Å². The molecular formula is C17H19ClN6O. The maximum atomic E-state index is 8.99. The van der Waals surface area contributed by atoms with E-state index in [2.05, 4.69) is 26.3 Å². The molecule has 2 aromatic rings. The normalized spacial score (nSPS) is 25.2. The third kappa shape index (κ3) is 2.96. The first-order valence-corrected chi connectivity index (χ1v) is 8.81. The highest BCUT2D eigenvalue weighted by molar-refractivity contribution is 6.33. The molecule has 8 heteroatoms. The van der Waals surface area contributed by atoms with Gasteiger partial charge in [-0.25, -0.2) is 9.67 Å². The lowest BCUT2D eigenvalue weighted by Gasteiger charge is -2.40. The summed E-state index contributed by atoms with van der Waals surface area (Å²) in [7, 11) is 1.66. The Labute approximate surface area is 151 Å². The number of piperidine rings is 1. The van der Waals surface area contributed by atoms with Crippen molar-refractivity contribution in [3.63, 3.8) is 0 Å². The molecule has 2 atom stereocenters. The van der Waals surface area contributed by atoms with Crippen LogP contribution in [0.1, 0.15) is 43.0 Å². The molecule has 25 heavy (non-hydrogen) atoms. The van der Waals surface area contributed by atoms with Crippen LogP contribution < -0.4 is 4.90 Å². The molecule has 0 aromatic carbocycles. The van der Waals surface area contributed by atoms with Gasteiger partial charge in [-0.05, 0) is 31.7 Å². The van der Waals surface area contributed by atoms with Gasteiger partial charge < -0.3 is 9.64 Å².